The van der Waals surface area contributed by atoms with Crippen LogP contribution in [0.5, 0.6) is 0 Å². The molecule has 16 heavy (non-hydrogen) atoms. The third-order valence-electron chi connectivity index (χ3n) is 1.96. The summed E-state index contributed by atoms with van der Waals surface area (Å²) in [5, 5.41) is 11.4. The fourth-order valence-electron chi connectivity index (χ4n) is 0.949. The van der Waals surface area contributed by atoms with Crippen LogP contribution in [0, 0.1) is 11.8 Å². The molecule has 0 rings (SSSR count). The number of aliphatic hydroxyl groups excluding tert-OH is 1. The molecular formula is C11H19N3O2. The number of aliphatic hydroxyl groups is 1. The first-order chi connectivity index (χ1) is 7.56. The van der Waals surface area contributed by atoms with Crippen LogP contribution in [-0.2, 0) is 4.79 Å². The zero-order valence-corrected chi connectivity index (χ0v) is 9.90. The molecule has 0 heterocycles. The van der Waals surface area contributed by atoms with E-state index in [9.17, 15) is 4.79 Å². The molecule has 0 aliphatic rings. The smallest absolute Gasteiger partial charge is 0.213 e. The topological polar surface area (TPSA) is 78.6 Å². The van der Waals surface area contributed by atoms with Crippen LogP contribution in [0.4, 0.5) is 0 Å². The Morgan fingerprint density at radius 2 is 2.25 bits per heavy atom. The minimum atomic E-state index is -0.458. The lowest BCUT2D eigenvalue weighted by molar-refractivity contribution is -0.117. The molecule has 1 amide bonds. The van der Waals surface area contributed by atoms with Gasteiger partial charge < -0.3 is 21.1 Å². The summed E-state index contributed by atoms with van der Waals surface area (Å²) in [6.07, 6.45) is 1.84. The van der Waals surface area contributed by atoms with Gasteiger partial charge >= 0.3 is 0 Å². The van der Waals surface area contributed by atoms with E-state index in [1.165, 1.54) is 4.90 Å². The van der Waals surface area contributed by atoms with Crippen LogP contribution in [0.25, 0.3) is 0 Å². The standard InChI is InChI=1S/C11H19N3O2/c1-9(2)14(8-16)7-10(5-4-6-15)11(12)13-3/h7-9,11,13,15H,6,12H2,1-3H3/b10-7-. The van der Waals surface area contributed by atoms with Gasteiger partial charge in [-0.3, -0.25) is 4.79 Å². The maximum Gasteiger partial charge on any atom is 0.213 e. The molecule has 0 radical (unpaired) electrons. The maximum atomic E-state index is 10.8. The van der Waals surface area contributed by atoms with Crippen LogP contribution in [-0.4, -0.2) is 42.3 Å². The van der Waals surface area contributed by atoms with Gasteiger partial charge in [0, 0.05) is 17.8 Å². The van der Waals surface area contributed by atoms with Crippen molar-refractivity contribution in [1.82, 2.24) is 10.2 Å². The van der Waals surface area contributed by atoms with Crippen LogP contribution < -0.4 is 11.1 Å². The number of carbonyl (C=O) groups excluding carboxylic acids is 1. The summed E-state index contributed by atoms with van der Waals surface area (Å²) < 4.78 is 0. The van der Waals surface area contributed by atoms with Gasteiger partial charge in [-0.15, -0.1) is 0 Å². The molecule has 0 aromatic rings. The van der Waals surface area contributed by atoms with Crippen molar-refractivity contribution in [3.63, 3.8) is 0 Å². The molecule has 0 spiro atoms. The minimum absolute atomic E-state index is 0.0347. The number of amides is 1. The van der Waals surface area contributed by atoms with E-state index in [1.807, 2.05) is 13.8 Å². The van der Waals surface area contributed by atoms with Crippen molar-refractivity contribution >= 4 is 6.41 Å². The van der Waals surface area contributed by atoms with Gasteiger partial charge in [0.15, 0.2) is 0 Å². The Bertz CT molecular complexity index is 302. The second-order valence-electron chi connectivity index (χ2n) is 3.46. The number of likely N-dealkylation sites (N-methyl/N-ethyl adjacent to an activating group) is 1. The van der Waals surface area contributed by atoms with Crippen LogP contribution in [0.2, 0.25) is 0 Å². The van der Waals surface area contributed by atoms with Crippen LogP contribution >= 0.6 is 0 Å². The molecule has 1 atom stereocenters. The molecule has 0 saturated heterocycles. The van der Waals surface area contributed by atoms with E-state index >= 15 is 0 Å². The Kier molecular flexibility index (Phi) is 7.21. The lowest BCUT2D eigenvalue weighted by atomic mass is 10.2. The molecule has 5 nitrogen and oxygen atoms in total. The normalized spacial score (nSPS) is 13.0. The van der Waals surface area contributed by atoms with E-state index < -0.39 is 6.17 Å². The number of hydrogen-bond donors (Lipinski definition) is 3. The summed E-state index contributed by atoms with van der Waals surface area (Å²) in [4.78, 5) is 12.3. The molecule has 0 bridgehead atoms. The van der Waals surface area contributed by atoms with Gasteiger partial charge in [0.05, 0.1) is 6.17 Å². The number of rotatable bonds is 5. The number of nitrogens with zero attached hydrogens (tertiary/aromatic N) is 1. The Labute approximate surface area is 96.3 Å². The van der Waals surface area contributed by atoms with Gasteiger partial charge in [-0.05, 0) is 20.9 Å². The molecule has 0 aromatic carbocycles. The van der Waals surface area contributed by atoms with Crippen LogP contribution in [0.3, 0.4) is 0 Å². The first-order valence-corrected chi connectivity index (χ1v) is 5.03. The summed E-state index contributed by atoms with van der Waals surface area (Å²) in [5.41, 5.74) is 6.31. The monoisotopic (exact) mass is 225 g/mol. The highest BCUT2D eigenvalue weighted by Crippen LogP contribution is 2.02. The highest BCUT2D eigenvalue weighted by Gasteiger charge is 2.08. The number of nitrogens with one attached hydrogen (secondary N) is 1. The molecule has 0 fully saturated rings. The maximum absolute atomic E-state index is 10.8. The Hall–Kier alpha value is -1.35. The summed E-state index contributed by atoms with van der Waals surface area (Å²) in [7, 11) is 1.69. The SMILES string of the molecule is CNC(N)/C(C#CCO)=C\N(C=O)C(C)C. The third kappa shape index (κ3) is 4.94. The van der Waals surface area contributed by atoms with Crippen LogP contribution in [0.1, 0.15) is 13.8 Å². The van der Waals surface area contributed by atoms with Gasteiger partial charge in [-0.2, -0.15) is 0 Å². The summed E-state index contributed by atoms with van der Waals surface area (Å²) in [6, 6.07) is 0.0347. The third-order valence-corrected chi connectivity index (χ3v) is 1.96. The van der Waals surface area contributed by atoms with E-state index in [0.717, 1.165) is 0 Å². The number of nitrogens with two attached hydrogens (primary N) is 1. The number of hydrogen-bond acceptors (Lipinski definition) is 4. The van der Waals surface area contributed by atoms with E-state index in [1.54, 1.807) is 13.2 Å². The Morgan fingerprint density at radius 1 is 1.62 bits per heavy atom. The first-order valence-electron chi connectivity index (χ1n) is 5.03. The summed E-state index contributed by atoms with van der Waals surface area (Å²) >= 11 is 0. The number of carbonyl (C=O) groups is 1. The second-order valence-corrected chi connectivity index (χ2v) is 3.46. The zero-order chi connectivity index (χ0) is 12.6. The quantitative estimate of drug-likeness (QED) is 0.326. The van der Waals surface area contributed by atoms with Crippen molar-refractivity contribution in [2.24, 2.45) is 5.73 Å². The fraction of sp³-hybridized carbons (Fsp3) is 0.545. The molecule has 90 valence electrons. The van der Waals surface area contributed by atoms with E-state index in [-0.39, 0.29) is 12.6 Å². The lowest BCUT2D eigenvalue weighted by Crippen LogP contribution is -2.37. The summed E-state index contributed by atoms with van der Waals surface area (Å²) in [5.74, 6) is 5.22. The zero-order valence-electron chi connectivity index (χ0n) is 9.90. The average Bonchev–Trinajstić information content (AvgIpc) is 2.28. The van der Waals surface area contributed by atoms with Crippen molar-refractivity contribution in [3.8, 4) is 11.8 Å². The average molecular weight is 225 g/mol. The first kappa shape index (κ1) is 14.6. The molecule has 0 saturated carbocycles. The molecule has 0 aliphatic carbocycles. The predicted octanol–water partition coefficient (Wildman–Crippen LogP) is -0.763. The highest BCUT2D eigenvalue weighted by atomic mass is 16.2. The van der Waals surface area contributed by atoms with Crippen molar-refractivity contribution < 1.29 is 9.90 Å². The lowest BCUT2D eigenvalue weighted by Gasteiger charge is -2.19. The van der Waals surface area contributed by atoms with Crippen molar-refractivity contribution in [3.05, 3.63) is 11.8 Å². The largest absolute Gasteiger partial charge is 0.384 e. The Morgan fingerprint density at radius 3 is 2.62 bits per heavy atom. The molecule has 5 heteroatoms. The fourth-order valence-corrected chi connectivity index (χ4v) is 0.949. The molecule has 0 aliphatic heterocycles. The Balaban J connectivity index is 4.99. The predicted molar refractivity (Wildman–Crippen MR) is 63.0 cm³/mol. The van der Waals surface area contributed by atoms with E-state index in [4.69, 9.17) is 10.8 Å². The van der Waals surface area contributed by atoms with Crippen molar-refractivity contribution in [2.45, 2.75) is 26.1 Å². The minimum Gasteiger partial charge on any atom is -0.384 e. The van der Waals surface area contributed by atoms with E-state index in [2.05, 4.69) is 17.2 Å². The van der Waals surface area contributed by atoms with Crippen molar-refractivity contribution in [1.29, 1.82) is 0 Å². The molecular weight excluding hydrogens is 206 g/mol. The van der Waals surface area contributed by atoms with Gasteiger partial charge in [-0.1, -0.05) is 11.8 Å². The van der Waals surface area contributed by atoms with E-state index in [0.29, 0.717) is 12.0 Å². The van der Waals surface area contributed by atoms with Crippen LogP contribution in [0.15, 0.2) is 11.8 Å². The van der Waals surface area contributed by atoms with Gasteiger partial charge in [-0.25, -0.2) is 0 Å². The van der Waals surface area contributed by atoms with Gasteiger partial charge in [0.25, 0.3) is 0 Å². The van der Waals surface area contributed by atoms with Crippen molar-refractivity contribution in [2.75, 3.05) is 13.7 Å². The van der Waals surface area contributed by atoms with Gasteiger partial charge in [0.1, 0.15) is 6.61 Å². The highest BCUT2D eigenvalue weighted by molar-refractivity contribution is 5.51. The summed E-state index contributed by atoms with van der Waals surface area (Å²) in [6.45, 7) is 3.52. The van der Waals surface area contributed by atoms with Gasteiger partial charge in [0.2, 0.25) is 6.41 Å². The molecule has 1 unspecified atom stereocenters. The second kappa shape index (κ2) is 7.88. The molecule has 0 aromatic heterocycles. The molecule has 4 N–H and O–H groups in total.